The molecule has 1 spiro atoms. The lowest BCUT2D eigenvalue weighted by atomic mass is 9.75. The quantitative estimate of drug-likeness (QED) is 0.723. The monoisotopic (exact) mass is 228 g/mol. The molecule has 17 heavy (non-hydrogen) atoms. The molecule has 2 fully saturated rings. The van der Waals surface area contributed by atoms with Crippen molar-refractivity contribution in [3.63, 3.8) is 0 Å². The van der Waals surface area contributed by atoms with Crippen molar-refractivity contribution in [3.05, 3.63) is 30.1 Å². The molecule has 4 rings (SSSR count). The molecule has 1 saturated carbocycles. The molecule has 1 N–H and O–H groups in total. The van der Waals surface area contributed by atoms with Gasteiger partial charge in [-0.2, -0.15) is 0 Å². The predicted molar refractivity (Wildman–Crippen MR) is 65.3 cm³/mol. The van der Waals surface area contributed by atoms with E-state index in [1.165, 1.54) is 12.8 Å². The second-order valence-electron chi connectivity index (χ2n) is 5.43. The topological polar surface area (TPSA) is 34.0 Å². The number of aromatic nitrogens is 1. The van der Waals surface area contributed by atoms with E-state index in [0.717, 1.165) is 18.5 Å². The van der Waals surface area contributed by atoms with E-state index in [1.54, 1.807) is 0 Å². The third-order valence-corrected chi connectivity index (χ3v) is 4.70. The maximum atomic E-state index is 12.4. The number of amides is 1. The standard InChI is InChI=1S/C14H16N2O/c17-13-14(8-7-10-4-3-9-16(10)14)11-5-1-2-6-12(11)15-13/h3-4,7-9,11-12H,1-2,5-6H2,(H,15,17). The van der Waals surface area contributed by atoms with Gasteiger partial charge in [-0.1, -0.05) is 12.8 Å². The Morgan fingerprint density at radius 1 is 1.35 bits per heavy atom. The molecule has 0 bridgehead atoms. The van der Waals surface area contributed by atoms with Crippen LogP contribution in [0.3, 0.4) is 0 Å². The van der Waals surface area contributed by atoms with Crippen molar-refractivity contribution in [2.24, 2.45) is 5.92 Å². The summed E-state index contributed by atoms with van der Waals surface area (Å²) < 4.78 is 2.16. The molecule has 3 unspecified atom stereocenters. The third kappa shape index (κ3) is 1.00. The SMILES string of the molecule is O=C1NC2CCCCC2C12C=Cc1cccn12. The molecule has 3 heterocycles. The van der Waals surface area contributed by atoms with Gasteiger partial charge in [-0.15, -0.1) is 0 Å². The van der Waals surface area contributed by atoms with Gasteiger partial charge in [-0.3, -0.25) is 4.79 Å². The summed E-state index contributed by atoms with van der Waals surface area (Å²) in [6, 6.07) is 4.49. The Kier molecular flexibility index (Phi) is 1.70. The van der Waals surface area contributed by atoms with E-state index >= 15 is 0 Å². The van der Waals surface area contributed by atoms with Crippen LogP contribution < -0.4 is 5.32 Å². The number of nitrogens with zero attached hydrogens (tertiary/aromatic N) is 1. The molecule has 1 amide bonds. The molecule has 88 valence electrons. The summed E-state index contributed by atoms with van der Waals surface area (Å²) in [5.74, 6) is 0.634. The molecule has 0 aromatic carbocycles. The van der Waals surface area contributed by atoms with E-state index in [1.807, 2.05) is 12.3 Å². The van der Waals surface area contributed by atoms with Crippen molar-refractivity contribution in [1.82, 2.24) is 9.88 Å². The summed E-state index contributed by atoms with van der Waals surface area (Å²) in [6.07, 6.45) is 11.1. The van der Waals surface area contributed by atoms with Crippen LogP contribution in [0.5, 0.6) is 0 Å². The second kappa shape index (κ2) is 3.03. The summed E-state index contributed by atoms with van der Waals surface area (Å²) in [5.41, 5.74) is 0.746. The first kappa shape index (κ1) is 9.51. The molecule has 1 aliphatic carbocycles. The average Bonchev–Trinajstić information content (AvgIpc) is 2.97. The van der Waals surface area contributed by atoms with Gasteiger partial charge in [0.2, 0.25) is 0 Å². The molecular weight excluding hydrogens is 212 g/mol. The third-order valence-electron chi connectivity index (χ3n) is 4.70. The minimum Gasteiger partial charge on any atom is -0.351 e. The number of fused-ring (bicyclic) bond motifs is 4. The van der Waals surface area contributed by atoms with Crippen molar-refractivity contribution in [2.75, 3.05) is 0 Å². The molecule has 3 heteroatoms. The smallest absolute Gasteiger partial charge is 0.250 e. The Balaban J connectivity index is 1.88. The molecule has 1 aromatic rings. The van der Waals surface area contributed by atoms with Crippen molar-refractivity contribution in [1.29, 1.82) is 0 Å². The first-order chi connectivity index (χ1) is 8.32. The van der Waals surface area contributed by atoms with Gasteiger partial charge < -0.3 is 9.88 Å². The predicted octanol–water partition coefficient (Wildman–Crippen LogP) is 1.90. The number of carbonyl (C=O) groups is 1. The number of carbonyl (C=O) groups excluding carboxylic acids is 1. The van der Waals surface area contributed by atoms with E-state index in [4.69, 9.17) is 0 Å². The Hall–Kier alpha value is -1.51. The molecule has 3 atom stereocenters. The first-order valence-electron chi connectivity index (χ1n) is 6.50. The van der Waals surface area contributed by atoms with E-state index < -0.39 is 5.54 Å². The Morgan fingerprint density at radius 3 is 3.18 bits per heavy atom. The molecule has 2 aliphatic heterocycles. The molecule has 3 aliphatic rings. The molecule has 3 nitrogen and oxygen atoms in total. The van der Waals surface area contributed by atoms with Gasteiger partial charge in [0.15, 0.2) is 0 Å². The highest BCUT2D eigenvalue weighted by atomic mass is 16.2. The maximum absolute atomic E-state index is 12.4. The van der Waals surface area contributed by atoms with Crippen LogP contribution in [-0.2, 0) is 10.3 Å². The largest absolute Gasteiger partial charge is 0.351 e. The molecule has 0 radical (unpaired) electrons. The van der Waals surface area contributed by atoms with Crippen molar-refractivity contribution >= 4 is 12.0 Å². The van der Waals surface area contributed by atoms with Gasteiger partial charge in [0, 0.05) is 23.9 Å². The zero-order chi connectivity index (χ0) is 11.5. The van der Waals surface area contributed by atoms with Crippen LogP contribution in [0.25, 0.3) is 6.08 Å². The van der Waals surface area contributed by atoms with E-state index in [-0.39, 0.29) is 5.91 Å². The van der Waals surface area contributed by atoms with Crippen LogP contribution in [0.4, 0.5) is 0 Å². The Morgan fingerprint density at radius 2 is 2.24 bits per heavy atom. The fraction of sp³-hybridized carbons (Fsp3) is 0.500. The zero-order valence-corrected chi connectivity index (χ0v) is 9.73. The van der Waals surface area contributed by atoms with Gasteiger partial charge in [0.25, 0.3) is 5.91 Å². The fourth-order valence-electron chi connectivity index (χ4n) is 3.93. The summed E-state index contributed by atoms with van der Waals surface area (Å²) in [4.78, 5) is 12.4. The van der Waals surface area contributed by atoms with Gasteiger partial charge in [-0.05, 0) is 37.1 Å². The molecule has 1 aromatic heterocycles. The summed E-state index contributed by atoms with van der Waals surface area (Å²) in [5, 5.41) is 3.21. The second-order valence-corrected chi connectivity index (χ2v) is 5.43. The highest BCUT2D eigenvalue weighted by Gasteiger charge is 2.56. The van der Waals surface area contributed by atoms with Crippen molar-refractivity contribution in [3.8, 4) is 0 Å². The molecule has 1 saturated heterocycles. The lowest BCUT2D eigenvalue weighted by molar-refractivity contribution is -0.125. The van der Waals surface area contributed by atoms with Crippen molar-refractivity contribution < 1.29 is 4.79 Å². The maximum Gasteiger partial charge on any atom is 0.250 e. The van der Waals surface area contributed by atoms with Crippen LogP contribution in [-0.4, -0.2) is 16.5 Å². The number of rotatable bonds is 0. The number of nitrogens with one attached hydrogen (secondary N) is 1. The summed E-state index contributed by atoms with van der Waals surface area (Å²) in [6.45, 7) is 0. The van der Waals surface area contributed by atoms with Crippen LogP contribution in [0.15, 0.2) is 24.4 Å². The van der Waals surface area contributed by atoms with E-state index in [2.05, 4.69) is 28.1 Å². The average molecular weight is 228 g/mol. The Bertz CT molecular complexity index is 516. The van der Waals surface area contributed by atoms with Crippen molar-refractivity contribution in [2.45, 2.75) is 37.3 Å². The lowest BCUT2D eigenvalue weighted by Gasteiger charge is -2.34. The van der Waals surface area contributed by atoms with Crippen LogP contribution in [0, 0.1) is 5.92 Å². The lowest BCUT2D eigenvalue weighted by Crippen LogP contribution is -2.42. The summed E-state index contributed by atoms with van der Waals surface area (Å²) >= 11 is 0. The van der Waals surface area contributed by atoms with E-state index in [9.17, 15) is 4.79 Å². The van der Waals surface area contributed by atoms with Crippen LogP contribution in [0.1, 0.15) is 31.4 Å². The highest BCUT2D eigenvalue weighted by Crippen LogP contribution is 2.47. The fourth-order valence-corrected chi connectivity index (χ4v) is 3.93. The first-order valence-corrected chi connectivity index (χ1v) is 6.50. The van der Waals surface area contributed by atoms with Gasteiger partial charge >= 0.3 is 0 Å². The van der Waals surface area contributed by atoms with Crippen LogP contribution >= 0.6 is 0 Å². The molecular formula is C14H16N2O. The van der Waals surface area contributed by atoms with E-state index in [0.29, 0.717) is 12.0 Å². The summed E-state index contributed by atoms with van der Waals surface area (Å²) in [7, 11) is 0. The highest BCUT2D eigenvalue weighted by molar-refractivity contribution is 5.92. The Labute approximate surface area is 101 Å². The van der Waals surface area contributed by atoms with Gasteiger partial charge in [0.05, 0.1) is 0 Å². The normalized spacial score (nSPS) is 38.2. The minimum atomic E-state index is -0.413. The zero-order valence-electron chi connectivity index (χ0n) is 9.73. The minimum absolute atomic E-state index is 0.195. The van der Waals surface area contributed by atoms with Gasteiger partial charge in [0.1, 0.15) is 5.54 Å². The van der Waals surface area contributed by atoms with Crippen LogP contribution in [0.2, 0.25) is 0 Å². The number of hydrogen-bond donors (Lipinski definition) is 1. The van der Waals surface area contributed by atoms with Gasteiger partial charge in [-0.25, -0.2) is 0 Å². The number of hydrogen-bond acceptors (Lipinski definition) is 1.